The number of hydrogen-bond donors (Lipinski definition) is 1. The van der Waals surface area contributed by atoms with Crippen LogP contribution in [0.25, 0.3) is 0 Å². The number of rotatable bonds is 5. The van der Waals surface area contributed by atoms with E-state index in [0.717, 1.165) is 0 Å². The molecule has 1 fully saturated rings. The Labute approximate surface area is 160 Å². The molecule has 1 saturated heterocycles. The summed E-state index contributed by atoms with van der Waals surface area (Å²) in [5.74, 6) is -1.17. The minimum Gasteiger partial charge on any atom is -0.355 e. The minimum absolute atomic E-state index is 0.106. The highest BCUT2D eigenvalue weighted by Crippen LogP contribution is 2.33. The predicted octanol–water partition coefficient (Wildman–Crippen LogP) is 3.84. The molecule has 2 aromatic rings. The molecule has 1 atom stereocenters. The number of nitrogens with one attached hydrogen (secondary N) is 1. The van der Waals surface area contributed by atoms with Crippen LogP contribution in [0.5, 0.6) is 0 Å². The topological polar surface area (TPSA) is 49.4 Å². The first-order valence-electron chi connectivity index (χ1n) is 8.22. The third-order valence-corrected chi connectivity index (χ3v) is 4.90. The number of halogens is 3. The van der Waals surface area contributed by atoms with Crippen LogP contribution in [0.1, 0.15) is 12.0 Å². The maximum absolute atomic E-state index is 13.6. The van der Waals surface area contributed by atoms with Gasteiger partial charge < -0.3 is 10.2 Å². The van der Waals surface area contributed by atoms with E-state index in [2.05, 4.69) is 5.32 Å². The van der Waals surface area contributed by atoms with Crippen molar-refractivity contribution in [1.82, 2.24) is 5.32 Å². The Kier molecular flexibility index (Phi) is 5.79. The Morgan fingerprint density at radius 2 is 2.00 bits per heavy atom. The zero-order valence-electron chi connectivity index (χ0n) is 13.8. The number of carbonyl (C=O) groups excluding carboxylic acids is 2. The van der Waals surface area contributed by atoms with E-state index in [1.807, 2.05) is 0 Å². The summed E-state index contributed by atoms with van der Waals surface area (Å²) in [7, 11) is 0. The van der Waals surface area contributed by atoms with E-state index in [1.54, 1.807) is 36.4 Å². The molecule has 1 N–H and O–H groups in total. The van der Waals surface area contributed by atoms with Gasteiger partial charge in [-0.25, -0.2) is 4.39 Å². The minimum atomic E-state index is -0.474. The molecule has 0 aromatic heterocycles. The second kappa shape index (κ2) is 8.06. The van der Waals surface area contributed by atoms with Crippen molar-refractivity contribution < 1.29 is 14.0 Å². The van der Waals surface area contributed by atoms with E-state index in [0.29, 0.717) is 34.3 Å². The van der Waals surface area contributed by atoms with Gasteiger partial charge in [-0.1, -0.05) is 41.4 Å². The first kappa shape index (κ1) is 18.7. The molecule has 136 valence electrons. The number of benzene rings is 2. The zero-order valence-corrected chi connectivity index (χ0v) is 15.4. The monoisotopic (exact) mass is 394 g/mol. The molecule has 0 spiro atoms. The summed E-state index contributed by atoms with van der Waals surface area (Å²) in [6.45, 7) is 0.548. The molecule has 0 saturated carbocycles. The van der Waals surface area contributed by atoms with Crippen LogP contribution in [0.15, 0.2) is 42.5 Å². The predicted molar refractivity (Wildman–Crippen MR) is 100 cm³/mol. The Bertz CT molecular complexity index is 844. The van der Waals surface area contributed by atoms with Crippen LogP contribution in [-0.4, -0.2) is 24.9 Å². The van der Waals surface area contributed by atoms with Gasteiger partial charge in [-0.15, -0.1) is 0 Å². The Morgan fingerprint density at radius 3 is 2.77 bits per heavy atom. The van der Waals surface area contributed by atoms with Crippen molar-refractivity contribution in [3.05, 3.63) is 63.9 Å². The second-order valence-electron chi connectivity index (χ2n) is 6.13. The largest absolute Gasteiger partial charge is 0.355 e. The van der Waals surface area contributed by atoms with Crippen molar-refractivity contribution in [2.75, 3.05) is 18.0 Å². The fourth-order valence-corrected chi connectivity index (χ4v) is 3.36. The molecule has 1 aliphatic rings. The number of amides is 2. The highest BCUT2D eigenvalue weighted by atomic mass is 35.5. The first-order valence-corrected chi connectivity index (χ1v) is 8.98. The van der Waals surface area contributed by atoms with Crippen molar-refractivity contribution >= 4 is 40.7 Å². The van der Waals surface area contributed by atoms with Gasteiger partial charge in [0, 0.05) is 24.5 Å². The van der Waals surface area contributed by atoms with Crippen LogP contribution in [-0.2, 0) is 16.0 Å². The van der Waals surface area contributed by atoms with Crippen LogP contribution >= 0.6 is 23.2 Å². The van der Waals surface area contributed by atoms with Gasteiger partial charge in [0.1, 0.15) is 5.82 Å². The third-order valence-electron chi connectivity index (χ3n) is 4.35. The van der Waals surface area contributed by atoms with Gasteiger partial charge in [0.25, 0.3) is 0 Å². The molecule has 4 nitrogen and oxygen atoms in total. The smallest absolute Gasteiger partial charge is 0.227 e. The summed E-state index contributed by atoms with van der Waals surface area (Å²) in [6.07, 6.45) is 0.497. The lowest BCUT2D eigenvalue weighted by atomic mass is 10.1. The molecule has 1 heterocycles. The van der Waals surface area contributed by atoms with E-state index in [-0.39, 0.29) is 30.6 Å². The van der Waals surface area contributed by atoms with Crippen molar-refractivity contribution in [3.63, 3.8) is 0 Å². The molecule has 3 rings (SSSR count). The molecule has 0 aliphatic carbocycles. The van der Waals surface area contributed by atoms with E-state index < -0.39 is 5.92 Å². The zero-order chi connectivity index (χ0) is 18.7. The van der Waals surface area contributed by atoms with Gasteiger partial charge in [-0.2, -0.15) is 0 Å². The molecular weight excluding hydrogens is 378 g/mol. The van der Waals surface area contributed by atoms with E-state index in [4.69, 9.17) is 23.2 Å². The first-order chi connectivity index (χ1) is 12.5. The van der Waals surface area contributed by atoms with Gasteiger partial charge in [0.15, 0.2) is 0 Å². The molecule has 1 unspecified atom stereocenters. The average Bonchev–Trinajstić information content (AvgIpc) is 3.00. The molecular formula is C19H17Cl2FN2O2. The molecule has 7 heteroatoms. The lowest BCUT2D eigenvalue weighted by Gasteiger charge is -2.18. The highest BCUT2D eigenvalue weighted by molar-refractivity contribution is 6.35. The maximum atomic E-state index is 13.6. The van der Waals surface area contributed by atoms with Gasteiger partial charge in [-0.05, 0) is 36.2 Å². The molecule has 2 amide bonds. The van der Waals surface area contributed by atoms with E-state index in [1.165, 1.54) is 11.0 Å². The van der Waals surface area contributed by atoms with Crippen molar-refractivity contribution in [3.8, 4) is 0 Å². The molecule has 2 aromatic carbocycles. The van der Waals surface area contributed by atoms with Gasteiger partial charge >= 0.3 is 0 Å². The van der Waals surface area contributed by atoms with Crippen LogP contribution in [0, 0.1) is 11.7 Å². The molecule has 1 aliphatic heterocycles. The van der Waals surface area contributed by atoms with Crippen molar-refractivity contribution in [1.29, 1.82) is 0 Å². The SMILES string of the molecule is O=C(NCCc1ccccc1F)C1CC(=O)N(c2cc(Cl)ccc2Cl)C1. The summed E-state index contributed by atoms with van der Waals surface area (Å²) < 4.78 is 13.6. The summed E-state index contributed by atoms with van der Waals surface area (Å²) in [4.78, 5) is 26.1. The number of hydrogen-bond acceptors (Lipinski definition) is 2. The van der Waals surface area contributed by atoms with Crippen LogP contribution in [0.3, 0.4) is 0 Å². The van der Waals surface area contributed by atoms with Crippen LogP contribution in [0.4, 0.5) is 10.1 Å². The number of carbonyl (C=O) groups is 2. The summed E-state index contributed by atoms with van der Waals surface area (Å²) in [5.41, 5.74) is 1.05. The summed E-state index contributed by atoms with van der Waals surface area (Å²) in [6, 6.07) is 11.3. The van der Waals surface area contributed by atoms with Crippen LogP contribution in [0.2, 0.25) is 10.0 Å². The van der Waals surface area contributed by atoms with Gasteiger partial charge in [0.2, 0.25) is 11.8 Å². The Morgan fingerprint density at radius 1 is 1.23 bits per heavy atom. The Hall–Kier alpha value is -2.11. The second-order valence-corrected chi connectivity index (χ2v) is 6.98. The number of nitrogens with zero attached hydrogens (tertiary/aromatic N) is 1. The molecule has 26 heavy (non-hydrogen) atoms. The molecule has 0 radical (unpaired) electrons. The van der Waals surface area contributed by atoms with Crippen molar-refractivity contribution in [2.45, 2.75) is 12.8 Å². The van der Waals surface area contributed by atoms with Crippen LogP contribution < -0.4 is 10.2 Å². The number of anilines is 1. The van der Waals surface area contributed by atoms with Gasteiger partial charge in [0.05, 0.1) is 16.6 Å². The maximum Gasteiger partial charge on any atom is 0.227 e. The third kappa shape index (κ3) is 4.17. The quantitative estimate of drug-likeness (QED) is 0.837. The lowest BCUT2D eigenvalue weighted by molar-refractivity contribution is -0.126. The fraction of sp³-hybridized carbons (Fsp3) is 0.263. The average molecular weight is 395 g/mol. The summed E-state index contributed by atoms with van der Waals surface area (Å²) in [5, 5.41) is 3.65. The molecule has 0 bridgehead atoms. The Balaban J connectivity index is 1.59. The lowest BCUT2D eigenvalue weighted by Crippen LogP contribution is -2.34. The van der Waals surface area contributed by atoms with E-state index >= 15 is 0 Å². The fourth-order valence-electron chi connectivity index (χ4n) is 2.97. The normalized spacial score (nSPS) is 16.8. The van der Waals surface area contributed by atoms with Crippen molar-refractivity contribution in [2.24, 2.45) is 5.92 Å². The van der Waals surface area contributed by atoms with Gasteiger partial charge in [-0.3, -0.25) is 9.59 Å². The standard InChI is InChI=1S/C19H17Cl2FN2O2/c20-14-5-6-15(21)17(10-14)24-11-13(9-18(24)25)19(26)23-8-7-12-3-1-2-4-16(12)22/h1-6,10,13H,7-9,11H2,(H,23,26). The van der Waals surface area contributed by atoms with E-state index in [9.17, 15) is 14.0 Å². The highest BCUT2D eigenvalue weighted by Gasteiger charge is 2.35. The summed E-state index contributed by atoms with van der Waals surface area (Å²) >= 11 is 12.1.